The average molecular weight is 493 g/mol. The van der Waals surface area contributed by atoms with Crippen LogP contribution in [0.2, 0.25) is 0 Å². The van der Waals surface area contributed by atoms with Gasteiger partial charge < -0.3 is 20.0 Å². The molecule has 1 saturated heterocycles. The van der Waals surface area contributed by atoms with Crippen LogP contribution in [0.1, 0.15) is 11.7 Å². The van der Waals surface area contributed by atoms with Crippen molar-refractivity contribution in [2.24, 2.45) is 0 Å². The number of carbonyl (C=O) groups excluding carboxylic acids is 1. The van der Waals surface area contributed by atoms with E-state index < -0.39 is 11.7 Å². The molecule has 4 rings (SSSR count). The number of hydrogen-bond acceptors (Lipinski definition) is 7. The Balaban J connectivity index is 1.41. The number of thioether (sulfide) groups is 1. The average Bonchev–Trinajstić information content (AvgIpc) is 3.29. The molecule has 34 heavy (non-hydrogen) atoms. The molecule has 1 fully saturated rings. The number of nitrogens with one attached hydrogen (secondary N) is 1. The summed E-state index contributed by atoms with van der Waals surface area (Å²) in [5.74, 6) is -0.0632. The molecule has 1 amide bonds. The van der Waals surface area contributed by atoms with E-state index in [-0.39, 0.29) is 22.6 Å². The van der Waals surface area contributed by atoms with Gasteiger partial charge in [0.05, 0.1) is 13.2 Å². The van der Waals surface area contributed by atoms with Crippen LogP contribution >= 0.6 is 11.8 Å². The third kappa shape index (κ3) is 6.64. The highest BCUT2D eigenvalue weighted by atomic mass is 32.2. The highest BCUT2D eigenvalue weighted by molar-refractivity contribution is 8.00. The molecule has 7 nitrogen and oxygen atoms in total. The third-order valence-corrected chi connectivity index (χ3v) is 6.51. The van der Waals surface area contributed by atoms with Gasteiger partial charge in [-0.3, -0.25) is 14.7 Å². The molecule has 1 N–H and O–H groups in total. The zero-order valence-electron chi connectivity index (χ0n) is 18.8. The van der Waals surface area contributed by atoms with Crippen LogP contribution in [0, 0.1) is 0 Å². The number of alkyl halides is 3. The summed E-state index contributed by atoms with van der Waals surface area (Å²) in [6, 6.07) is 9.97. The summed E-state index contributed by atoms with van der Waals surface area (Å²) in [6.07, 6.45) is 6.70. The molecule has 2 aromatic rings. The molecule has 0 saturated carbocycles. The molecule has 182 valence electrons. The topological polar surface area (TPSA) is 55.0 Å². The maximum Gasteiger partial charge on any atom is 0.446 e. The molecule has 1 aromatic carbocycles. The first kappa shape index (κ1) is 24.4. The van der Waals surface area contributed by atoms with E-state index in [0.29, 0.717) is 13.2 Å². The highest BCUT2D eigenvalue weighted by Gasteiger charge is 2.30. The molecule has 11 heteroatoms. The Morgan fingerprint density at radius 3 is 2.38 bits per heavy atom. The standard InChI is InChI=1S/C23H27F3N6OS/c1-29-10-12-30(13-11-29)16-21(33)28-22(18-6-8-27-9-7-18)32-15-14-31(17-32)19-2-4-20(5-3-19)34-23(24,25)26/h2-9,14-15,22H,10-13,16-17H2,1H3,(H,28,33). The molecular weight excluding hydrogens is 465 g/mol. The number of benzene rings is 1. The Bertz CT molecular complexity index is 980. The van der Waals surface area contributed by atoms with Gasteiger partial charge in [-0.2, -0.15) is 13.2 Å². The molecular formula is C23H27F3N6OS. The number of aromatic nitrogens is 1. The summed E-state index contributed by atoms with van der Waals surface area (Å²) in [6.45, 7) is 4.34. The number of anilines is 1. The van der Waals surface area contributed by atoms with Crippen molar-refractivity contribution in [3.8, 4) is 0 Å². The van der Waals surface area contributed by atoms with Crippen LogP contribution in [-0.4, -0.2) is 77.5 Å². The van der Waals surface area contributed by atoms with Crippen molar-refractivity contribution in [2.45, 2.75) is 16.6 Å². The normalized spacial score (nSPS) is 18.4. The second-order valence-electron chi connectivity index (χ2n) is 8.30. The van der Waals surface area contributed by atoms with E-state index in [9.17, 15) is 18.0 Å². The number of nitrogens with zero attached hydrogens (tertiary/aromatic N) is 5. The number of rotatable bonds is 7. The molecule has 1 atom stereocenters. The summed E-state index contributed by atoms with van der Waals surface area (Å²) >= 11 is -0.131. The van der Waals surface area contributed by atoms with Gasteiger partial charge in [0.1, 0.15) is 6.17 Å². The van der Waals surface area contributed by atoms with Gasteiger partial charge in [0.15, 0.2) is 0 Å². The van der Waals surface area contributed by atoms with Gasteiger partial charge in [0.25, 0.3) is 0 Å². The minimum Gasteiger partial charge on any atom is -0.334 e. The van der Waals surface area contributed by atoms with Gasteiger partial charge >= 0.3 is 5.51 Å². The van der Waals surface area contributed by atoms with Crippen LogP contribution in [-0.2, 0) is 4.79 Å². The van der Waals surface area contributed by atoms with Gasteiger partial charge in [-0.15, -0.1) is 0 Å². The Kier molecular flexibility index (Phi) is 7.64. The number of amides is 1. The maximum atomic E-state index is 12.9. The van der Waals surface area contributed by atoms with Crippen molar-refractivity contribution < 1.29 is 18.0 Å². The lowest BCUT2D eigenvalue weighted by atomic mass is 10.2. The number of pyridine rings is 1. The van der Waals surface area contributed by atoms with E-state index in [0.717, 1.165) is 37.4 Å². The quantitative estimate of drug-likeness (QED) is 0.596. The lowest BCUT2D eigenvalue weighted by molar-refractivity contribution is -0.124. The molecule has 0 radical (unpaired) electrons. The lowest BCUT2D eigenvalue weighted by Gasteiger charge is -2.34. The number of piperazine rings is 1. The van der Waals surface area contributed by atoms with Crippen LogP contribution in [0.5, 0.6) is 0 Å². The van der Waals surface area contributed by atoms with Crippen LogP contribution < -0.4 is 10.2 Å². The zero-order chi connectivity index (χ0) is 24.1. The summed E-state index contributed by atoms with van der Waals surface area (Å²) in [5.41, 5.74) is -2.65. The van der Waals surface area contributed by atoms with Crippen LogP contribution in [0.15, 0.2) is 66.1 Å². The largest absolute Gasteiger partial charge is 0.446 e. The van der Waals surface area contributed by atoms with Crippen molar-refractivity contribution in [1.82, 2.24) is 25.0 Å². The minimum absolute atomic E-state index is 0.0632. The monoisotopic (exact) mass is 492 g/mol. The fraction of sp³-hybridized carbons (Fsp3) is 0.391. The fourth-order valence-corrected chi connectivity index (χ4v) is 4.46. The Labute approximate surface area is 201 Å². The molecule has 2 aliphatic rings. The summed E-state index contributed by atoms with van der Waals surface area (Å²) in [5, 5.41) is 3.14. The van der Waals surface area contributed by atoms with Crippen molar-refractivity contribution in [1.29, 1.82) is 0 Å². The van der Waals surface area contributed by atoms with Gasteiger partial charge in [-0.1, -0.05) is 0 Å². The van der Waals surface area contributed by atoms with E-state index in [1.54, 1.807) is 24.5 Å². The second-order valence-corrected chi connectivity index (χ2v) is 9.43. The van der Waals surface area contributed by atoms with Gasteiger partial charge in [0.2, 0.25) is 5.91 Å². The summed E-state index contributed by atoms with van der Waals surface area (Å²) in [4.78, 5) is 25.4. The number of halogens is 3. The summed E-state index contributed by atoms with van der Waals surface area (Å²) in [7, 11) is 2.07. The molecule has 0 bridgehead atoms. The smallest absolute Gasteiger partial charge is 0.334 e. The van der Waals surface area contributed by atoms with E-state index in [1.165, 1.54) is 12.1 Å². The predicted molar refractivity (Wildman–Crippen MR) is 126 cm³/mol. The van der Waals surface area contributed by atoms with Gasteiger partial charge in [-0.05, 0) is 60.8 Å². The van der Waals surface area contributed by atoms with E-state index >= 15 is 0 Å². The number of carbonyl (C=O) groups is 1. The first-order valence-corrected chi connectivity index (χ1v) is 11.8. The van der Waals surface area contributed by atoms with Crippen molar-refractivity contribution >= 4 is 23.4 Å². The van der Waals surface area contributed by atoms with Crippen LogP contribution in [0.4, 0.5) is 18.9 Å². The first-order valence-electron chi connectivity index (χ1n) is 10.9. The van der Waals surface area contributed by atoms with Crippen LogP contribution in [0.25, 0.3) is 0 Å². The van der Waals surface area contributed by atoms with E-state index in [4.69, 9.17) is 0 Å². The SMILES string of the molecule is CN1CCN(CC(=O)NC(c2ccncc2)N2C=CN(c3ccc(SC(F)(F)F)cc3)C2)CC1. The van der Waals surface area contributed by atoms with Gasteiger partial charge in [-0.25, -0.2) is 0 Å². The molecule has 3 heterocycles. The Hall–Kier alpha value is -2.76. The number of likely N-dealkylation sites (N-methyl/N-ethyl adjacent to an activating group) is 1. The van der Waals surface area contributed by atoms with Crippen molar-refractivity contribution in [3.63, 3.8) is 0 Å². The Morgan fingerprint density at radius 1 is 1.06 bits per heavy atom. The maximum absolute atomic E-state index is 12.9. The van der Waals surface area contributed by atoms with E-state index in [2.05, 4.69) is 27.1 Å². The third-order valence-electron chi connectivity index (χ3n) is 5.77. The van der Waals surface area contributed by atoms with E-state index in [1.807, 2.05) is 34.3 Å². The number of hydrogen-bond donors (Lipinski definition) is 1. The Morgan fingerprint density at radius 2 is 1.74 bits per heavy atom. The lowest BCUT2D eigenvalue weighted by Crippen LogP contribution is -2.49. The minimum atomic E-state index is -4.31. The fourth-order valence-electron chi connectivity index (χ4n) is 3.92. The molecule has 2 aliphatic heterocycles. The molecule has 1 aromatic heterocycles. The molecule has 0 spiro atoms. The van der Waals surface area contributed by atoms with Crippen molar-refractivity contribution in [3.05, 3.63) is 66.8 Å². The van der Waals surface area contributed by atoms with Crippen LogP contribution in [0.3, 0.4) is 0 Å². The summed E-state index contributed by atoms with van der Waals surface area (Å²) < 4.78 is 37.8. The molecule has 0 aliphatic carbocycles. The predicted octanol–water partition coefficient (Wildman–Crippen LogP) is 3.31. The van der Waals surface area contributed by atoms with Crippen molar-refractivity contribution in [2.75, 3.05) is 51.3 Å². The zero-order valence-corrected chi connectivity index (χ0v) is 19.6. The molecule has 1 unspecified atom stereocenters. The highest BCUT2D eigenvalue weighted by Crippen LogP contribution is 2.37. The van der Waals surface area contributed by atoms with Gasteiger partial charge in [0, 0.05) is 61.6 Å². The first-order chi connectivity index (χ1) is 16.3. The second kappa shape index (κ2) is 10.7.